The Kier molecular flexibility index (Phi) is 5.82. The summed E-state index contributed by atoms with van der Waals surface area (Å²) >= 11 is 1.35. The third-order valence-electron chi connectivity index (χ3n) is 3.78. The normalized spacial score (nSPS) is 12.3. The fourth-order valence-corrected chi connectivity index (χ4v) is 3.28. The number of aromatic nitrogens is 2. The van der Waals surface area contributed by atoms with Gasteiger partial charge in [0.15, 0.2) is 5.16 Å². The molecule has 8 nitrogen and oxygen atoms in total. The van der Waals surface area contributed by atoms with E-state index in [4.69, 9.17) is 0 Å². The Labute approximate surface area is 159 Å². The maximum atomic E-state index is 12.4. The van der Waals surface area contributed by atoms with Crippen LogP contribution in [0, 0.1) is 10.1 Å². The molecule has 0 bridgehead atoms. The summed E-state index contributed by atoms with van der Waals surface area (Å²) in [6, 6.07) is 13.6. The molecule has 0 saturated carbocycles. The van der Waals surface area contributed by atoms with Crippen LogP contribution >= 0.6 is 11.8 Å². The predicted octanol–water partition coefficient (Wildman–Crippen LogP) is 3.49. The molecule has 1 heterocycles. The first-order valence-electron chi connectivity index (χ1n) is 8.25. The van der Waals surface area contributed by atoms with E-state index in [1.165, 1.54) is 30.1 Å². The van der Waals surface area contributed by atoms with Crippen molar-refractivity contribution in [3.63, 3.8) is 0 Å². The number of nitro groups is 1. The first-order chi connectivity index (χ1) is 13.1. The molecular formula is C18H17N5O3S. The number of hydrogen-bond acceptors (Lipinski definition) is 6. The van der Waals surface area contributed by atoms with E-state index in [2.05, 4.69) is 20.5 Å². The number of aromatic amines is 1. The van der Waals surface area contributed by atoms with Gasteiger partial charge in [-0.05, 0) is 36.2 Å². The summed E-state index contributed by atoms with van der Waals surface area (Å²) in [5.74, 6) is -0.235. The van der Waals surface area contributed by atoms with E-state index in [-0.39, 0.29) is 16.8 Å². The summed E-state index contributed by atoms with van der Waals surface area (Å²) in [5.41, 5.74) is 4.94. The van der Waals surface area contributed by atoms with E-state index in [0.29, 0.717) is 17.1 Å². The number of rotatable bonds is 7. The molecule has 3 aromatic rings. The van der Waals surface area contributed by atoms with Crippen molar-refractivity contribution < 1.29 is 9.72 Å². The van der Waals surface area contributed by atoms with Gasteiger partial charge in [0.1, 0.15) is 0 Å². The molecule has 1 atom stereocenters. The number of carbonyl (C=O) groups excluding carboxylic acids is 1. The Balaban J connectivity index is 1.60. The number of para-hydroxylation sites is 2. The standard InChI is InChI=1S/C18H17N5O3S/c1-2-16(27-18-20-14-5-3-4-6-15(14)21-18)17(24)22-19-11-12-7-9-13(10-8-12)23(25)26/h3-11,16H,2H2,1H3,(H,20,21)(H,22,24)/b19-11+. The maximum absolute atomic E-state index is 12.4. The predicted molar refractivity (Wildman–Crippen MR) is 105 cm³/mol. The average Bonchev–Trinajstić information content (AvgIpc) is 3.09. The van der Waals surface area contributed by atoms with Crippen LogP contribution in [0.2, 0.25) is 0 Å². The molecule has 0 radical (unpaired) electrons. The van der Waals surface area contributed by atoms with Gasteiger partial charge in [0, 0.05) is 12.1 Å². The molecule has 0 fully saturated rings. The van der Waals surface area contributed by atoms with Gasteiger partial charge in [-0.1, -0.05) is 30.8 Å². The number of nitrogens with one attached hydrogen (secondary N) is 2. The molecule has 27 heavy (non-hydrogen) atoms. The number of imidazole rings is 1. The number of non-ortho nitro benzene ring substituents is 1. The molecule has 0 saturated heterocycles. The zero-order valence-corrected chi connectivity index (χ0v) is 15.3. The minimum Gasteiger partial charge on any atom is -0.333 e. The van der Waals surface area contributed by atoms with E-state index in [0.717, 1.165) is 11.0 Å². The van der Waals surface area contributed by atoms with Crippen molar-refractivity contribution in [2.45, 2.75) is 23.8 Å². The largest absolute Gasteiger partial charge is 0.333 e. The highest BCUT2D eigenvalue weighted by Gasteiger charge is 2.19. The lowest BCUT2D eigenvalue weighted by Gasteiger charge is -2.10. The quantitative estimate of drug-likeness (QED) is 0.281. The third kappa shape index (κ3) is 4.70. The number of benzene rings is 2. The summed E-state index contributed by atoms with van der Waals surface area (Å²) < 4.78 is 0. The Morgan fingerprint density at radius 3 is 2.74 bits per heavy atom. The second-order valence-corrected chi connectivity index (χ2v) is 6.85. The van der Waals surface area contributed by atoms with E-state index in [9.17, 15) is 14.9 Å². The summed E-state index contributed by atoms with van der Waals surface area (Å²) in [6.07, 6.45) is 2.06. The van der Waals surface area contributed by atoms with Crippen molar-refractivity contribution >= 4 is 40.6 Å². The zero-order valence-electron chi connectivity index (χ0n) is 14.5. The Hall–Kier alpha value is -3.20. The van der Waals surface area contributed by atoms with Gasteiger partial charge in [-0.25, -0.2) is 10.4 Å². The number of H-pyrrole nitrogens is 1. The Morgan fingerprint density at radius 1 is 1.33 bits per heavy atom. The van der Waals surface area contributed by atoms with Gasteiger partial charge < -0.3 is 4.98 Å². The Bertz CT molecular complexity index is 951. The highest BCUT2D eigenvalue weighted by atomic mass is 32.2. The number of thioether (sulfide) groups is 1. The van der Waals surface area contributed by atoms with E-state index in [1.807, 2.05) is 31.2 Å². The lowest BCUT2D eigenvalue weighted by molar-refractivity contribution is -0.384. The van der Waals surface area contributed by atoms with Crippen LogP contribution in [0.1, 0.15) is 18.9 Å². The summed E-state index contributed by atoms with van der Waals surface area (Å²) in [4.78, 5) is 30.2. The number of nitrogens with zero attached hydrogens (tertiary/aromatic N) is 3. The molecule has 1 unspecified atom stereocenters. The second-order valence-electron chi connectivity index (χ2n) is 5.66. The fourth-order valence-electron chi connectivity index (χ4n) is 2.37. The second kappa shape index (κ2) is 8.45. The molecule has 9 heteroatoms. The molecule has 0 aliphatic carbocycles. The number of hydrazone groups is 1. The first kappa shape index (κ1) is 18.6. The lowest BCUT2D eigenvalue weighted by atomic mass is 10.2. The topological polar surface area (TPSA) is 113 Å². The van der Waals surface area contributed by atoms with E-state index >= 15 is 0 Å². The fraction of sp³-hybridized carbons (Fsp3) is 0.167. The molecular weight excluding hydrogens is 366 g/mol. The van der Waals surface area contributed by atoms with Crippen LogP contribution in [-0.2, 0) is 4.79 Å². The number of nitro benzene ring substituents is 1. The van der Waals surface area contributed by atoms with Crippen LogP contribution in [0.25, 0.3) is 11.0 Å². The molecule has 138 valence electrons. The van der Waals surface area contributed by atoms with Gasteiger partial charge in [-0.15, -0.1) is 0 Å². The van der Waals surface area contributed by atoms with Gasteiger partial charge in [-0.2, -0.15) is 5.10 Å². The van der Waals surface area contributed by atoms with Crippen LogP contribution < -0.4 is 5.43 Å². The zero-order chi connectivity index (χ0) is 19.2. The van der Waals surface area contributed by atoms with Gasteiger partial charge in [-0.3, -0.25) is 14.9 Å². The van der Waals surface area contributed by atoms with Gasteiger partial charge >= 0.3 is 0 Å². The summed E-state index contributed by atoms with van der Waals surface area (Å²) in [6.45, 7) is 1.92. The van der Waals surface area contributed by atoms with Crippen LogP contribution in [0.5, 0.6) is 0 Å². The molecule has 0 spiro atoms. The number of carbonyl (C=O) groups is 1. The molecule has 1 aromatic heterocycles. The number of amides is 1. The number of fused-ring (bicyclic) bond motifs is 1. The third-order valence-corrected chi connectivity index (χ3v) is 5.03. The maximum Gasteiger partial charge on any atom is 0.269 e. The summed E-state index contributed by atoms with van der Waals surface area (Å²) in [5, 5.41) is 14.9. The minimum absolute atomic E-state index is 0.00414. The smallest absolute Gasteiger partial charge is 0.269 e. The van der Waals surface area contributed by atoms with Gasteiger partial charge in [0.25, 0.3) is 11.6 Å². The molecule has 2 aromatic carbocycles. The monoisotopic (exact) mass is 383 g/mol. The molecule has 0 aliphatic heterocycles. The van der Waals surface area contributed by atoms with Crippen LogP contribution in [0.15, 0.2) is 58.8 Å². The van der Waals surface area contributed by atoms with Crippen molar-refractivity contribution in [1.82, 2.24) is 15.4 Å². The summed E-state index contributed by atoms with van der Waals surface area (Å²) in [7, 11) is 0. The van der Waals surface area contributed by atoms with Crippen molar-refractivity contribution in [2.24, 2.45) is 5.10 Å². The van der Waals surface area contributed by atoms with E-state index in [1.54, 1.807) is 12.1 Å². The Morgan fingerprint density at radius 2 is 2.07 bits per heavy atom. The van der Waals surface area contributed by atoms with Crippen LogP contribution in [-0.4, -0.2) is 32.3 Å². The van der Waals surface area contributed by atoms with Gasteiger partial charge in [0.05, 0.1) is 27.4 Å². The van der Waals surface area contributed by atoms with Crippen LogP contribution in [0.4, 0.5) is 5.69 Å². The highest BCUT2D eigenvalue weighted by molar-refractivity contribution is 8.00. The molecule has 0 aliphatic rings. The average molecular weight is 383 g/mol. The van der Waals surface area contributed by atoms with E-state index < -0.39 is 4.92 Å². The highest BCUT2D eigenvalue weighted by Crippen LogP contribution is 2.25. The first-order valence-corrected chi connectivity index (χ1v) is 9.13. The van der Waals surface area contributed by atoms with Crippen LogP contribution in [0.3, 0.4) is 0 Å². The van der Waals surface area contributed by atoms with Crippen molar-refractivity contribution in [3.8, 4) is 0 Å². The van der Waals surface area contributed by atoms with Crippen molar-refractivity contribution in [3.05, 3.63) is 64.2 Å². The molecule has 1 amide bonds. The van der Waals surface area contributed by atoms with Gasteiger partial charge in [0.2, 0.25) is 0 Å². The lowest BCUT2D eigenvalue weighted by Crippen LogP contribution is -2.28. The minimum atomic E-state index is -0.468. The SMILES string of the molecule is CCC(Sc1nc2ccccc2[nH]1)C(=O)N/N=C/c1ccc([N+](=O)[O-])cc1. The van der Waals surface area contributed by atoms with Crippen molar-refractivity contribution in [2.75, 3.05) is 0 Å². The molecule has 2 N–H and O–H groups in total. The number of hydrogen-bond donors (Lipinski definition) is 2. The molecule has 3 rings (SSSR count). The van der Waals surface area contributed by atoms with Crippen molar-refractivity contribution in [1.29, 1.82) is 0 Å².